The Kier molecular flexibility index (Phi) is 3.09. The van der Waals surface area contributed by atoms with Crippen LogP contribution in [0.1, 0.15) is 30.9 Å². The Labute approximate surface area is 74.9 Å². The van der Waals surface area contributed by atoms with Crippen LogP contribution in [-0.2, 0) is 6.42 Å². The van der Waals surface area contributed by atoms with Crippen molar-refractivity contribution in [3.63, 3.8) is 0 Å². The first-order chi connectivity index (χ1) is 5.74. The molecule has 0 amide bonds. The second-order valence-corrected chi connectivity index (χ2v) is 3.39. The van der Waals surface area contributed by atoms with Crippen LogP contribution in [-0.4, -0.2) is 0 Å². The van der Waals surface area contributed by atoms with Crippen molar-refractivity contribution in [3.05, 3.63) is 48.0 Å². The third-order valence-electron chi connectivity index (χ3n) is 2.03. The highest BCUT2D eigenvalue weighted by Crippen LogP contribution is 2.14. The maximum Gasteiger partial charge on any atom is -0.0100 e. The lowest BCUT2D eigenvalue weighted by Crippen LogP contribution is -1.87. The Morgan fingerprint density at radius 2 is 1.83 bits per heavy atom. The van der Waals surface area contributed by atoms with Crippen LogP contribution in [0, 0.1) is 0 Å². The van der Waals surface area contributed by atoms with Crippen molar-refractivity contribution in [1.82, 2.24) is 0 Å². The lowest BCUT2D eigenvalue weighted by Gasteiger charge is -2.05. The summed E-state index contributed by atoms with van der Waals surface area (Å²) in [6.07, 6.45) is 2.91. The van der Waals surface area contributed by atoms with Crippen molar-refractivity contribution < 1.29 is 0 Å². The average molecular weight is 160 g/mol. The molecule has 0 spiro atoms. The molecule has 0 unspecified atom stereocenters. The zero-order valence-corrected chi connectivity index (χ0v) is 7.88. The van der Waals surface area contributed by atoms with Crippen molar-refractivity contribution in [2.45, 2.75) is 26.2 Å². The van der Waals surface area contributed by atoms with Gasteiger partial charge >= 0.3 is 0 Å². The second kappa shape index (κ2) is 4.10. The van der Waals surface area contributed by atoms with Crippen LogP contribution in [0.3, 0.4) is 0 Å². The van der Waals surface area contributed by atoms with Gasteiger partial charge in [0.05, 0.1) is 0 Å². The third kappa shape index (κ3) is 2.23. The summed E-state index contributed by atoms with van der Waals surface area (Å²) in [4.78, 5) is 0. The highest BCUT2D eigenvalue weighted by molar-refractivity contribution is 5.25. The van der Waals surface area contributed by atoms with E-state index in [1.54, 1.807) is 0 Å². The van der Waals surface area contributed by atoms with Gasteiger partial charge in [-0.15, -0.1) is 6.58 Å². The Balaban J connectivity index is 2.78. The summed E-state index contributed by atoms with van der Waals surface area (Å²) >= 11 is 0. The minimum absolute atomic E-state index is 0.628. The van der Waals surface area contributed by atoms with Crippen molar-refractivity contribution in [1.29, 1.82) is 0 Å². The topological polar surface area (TPSA) is 0 Å². The minimum Gasteiger partial charge on any atom is -0.103 e. The minimum atomic E-state index is 0.628. The van der Waals surface area contributed by atoms with Crippen LogP contribution < -0.4 is 0 Å². The predicted molar refractivity (Wildman–Crippen MR) is 54.4 cm³/mol. The first kappa shape index (κ1) is 9.05. The standard InChI is InChI=1S/C12H16/c1-4-5-11-6-8-12(9-7-11)10(2)3/h4,6-10H,1,5H2,2-3H3. The fourth-order valence-corrected chi connectivity index (χ4v) is 1.21. The van der Waals surface area contributed by atoms with E-state index in [1.165, 1.54) is 11.1 Å². The molecule has 12 heavy (non-hydrogen) atoms. The fourth-order valence-electron chi connectivity index (χ4n) is 1.21. The molecule has 0 saturated carbocycles. The van der Waals surface area contributed by atoms with E-state index in [1.807, 2.05) is 6.08 Å². The number of allylic oxidation sites excluding steroid dienone is 1. The number of rotatable bonds is 3. The maximum atomic E-state index is 3.71. The van der Waals surface area contributed by atoms with Crippen molar-refractivity contribution in [2.75, 3.05) is 0 Å². The molecule has 0 bridgehead atoms. The molecule has 0 aliphatic heterocycles. The van der Waals surface area contributed by atoms with E-state index in [0.29, 0.717) is 5.92 Å². The summed E-state index contributed by atoms with van der Waals surface area (Å²) in [7, 11) is 0. The molecule has 1 aromatic carbocycles. The molecule has 0 heteroatoms. The Hall–Kier alpha value is -1.04. The second-order valence-electron chi connectivity index (χ2n) is 3.39. The Morgan fingerprint density at radius 3 is 2.25 bits per heavy atom. The lowest BCUT2D eigenvalue weighted by molar-refractivity contribution is 0.865. The molecule has 0 saturated heterocycles. The summed E-state index contributed by atoms with van der Waals surface area (Å²) in [5.41, 5.74) is 2.75. The van der Waals surface area contributed by atoms with Gasteiger partial charge < -0.3 is 0 Å². The highest BCUT2D eigenvalue weighted by Gasteiger charge is 1.97. The smallest absolute Gasteiger partial charge is 0.0100 e. The molecule has 0 N–H and O–H groups in total. The van der Waals surface area contributed by atoms with Gasteiger partial charge in [-0.25, -0.2) is 0 Å². The molecule has 0 heterocycles. The highest BCUT2D eigenvalue weighted by atomic mass is 14.0. The zero-order valence-electron chi connectivity index (χ0n) is 7.88. The van der Waals surface area contributed by atoms with Crippen molar-refractivity contribution >= 4 is 0 Å². The number of hydrogen-bond donors (Lipinski definition) is 0. The molecule has 0 fully saturated rings. The molecule has 0 atom stereocenters. The quantitative estimate of drug-likeness (QED) is 0.593. The Morgan fingerprint density at radius 1 is 1.25 bits per heavy atom. The predicted octanol–water partition coefficient (Wildman–Crippen LogP) is 3.54. The summed E-state index contributed by atoms with van der Waals surface area (Å²) < 4.78 is 0. The summed E-state index contributed by atoms with van der Waals surface area (Å²) in [5.74, 6) is 0.628. The van der Waals surface area contributed by atoms with Gasteiger partial charge in [0.25, 0.3) is 0 Å². The first-order valence-corrected chi connectivity index (χ1v) is 4.43. The molecule has 0 nitrogen and oxygen atoms in total. The van der Waals surface area contributed by atoms with E-state index < -0.39 is 0 Å². The van der Waals surface area contributed by atoms with Crippen LogP contribution in [0.2, 0.25) is 0 Å². The summed E-state index contributed by atoms with van der Waals surface area (Å²) in [6.45, 7) is 8.14. The normalized spacial score (nSPS) is 10.2. The van der Waals surface area contributed by atoms with E-state index in [9.17, 15) is 0 Å². The number of hydrogen-bond acceptors (Lipinski definition) is 0. The van der Waals surface area contributed by atoms with Gasteiger partial charge in [0.1, 0.15) is 0 Å². The molecule has 1 aromatic rings. The molecular weight excluding hydrogens is 144 g/mol. The van der Waals surface area contributed by atoms with Crippen LogP contribution >= 0.6 is 0 Å². The molecule has 64 valence electrons. The largest absolute Gasteiger partial charge is 0.103 e. The van der Waals surface area contributed by atoms with Crippen LogP contribution in [0.4, 0.5) is 0 Å². The molecule has 1 rings (SSSR count). The molecular formula is C12H16. The van der Waals surface area contributed by atoms with Crippen molar-refractivity contribution in [3.8, 4) is 0 Å². The van der Waals surface area contributed by atoms with E-state index in [0.717, 1.165) is 6.42 Å². The van der Waals surface area contributed by atoms with Crippen LogP contribution in [0.15, 0.2) is 36.9 Å². The van der Waals surface area contributed by atoms with Gasteiger partial charge in [0.15, 0.2) is 0 Å². The van der Waals surface area contributed by atoms with Crippen molar-refractivity contribution in [2.24, 2.45) is 0 Å². The molecule has 0 radical (unpaired) electrons. The van der Waals surface area contributed by atoms with E-state index >= 15 is 0 Å². The van der Waals surface area contributed by atoms with Gasteiger partial charge in [0, 0.05) is 0 Å². The summed E-state index contributed by atoms with van der Waals surface area (Å²) in [6, 6.07) is 8.75. The summed E-state index contributed by atoms with van der Waals surface area (Å²) in [5, 5.41) is 0. The molecule has 0 aliphatic carbocycles. The van der Waals surface area contributed by atoms with Crippen LogP contribution in [0.25, 0.3) is 0 Å². The van der Waals surface area contributed by atoms with E-state index in [-0.39, 0.29) is 0 Å². The molecule has 0 aliphatic rings. The third-order valence-corrected chi connectivity index (χ3v) is 2.03. The lowest BCUT2D eigenvalue weighted by atomic mass is 10.0. The monoisotopic (exact) mass is 160 g/mol. The first-order valence-electron chi connectivity index (χ1n) is 4.43. The Bertz CT molecular complexity index is 241. The van der Waals surface area contributed by atoms with Gasteiger partial charge in [-0.05, 0) is 23.5 Å². The maximum absolute atomic E-state index is 3.71. The number of benzene rings is 1. The van der Waals surface area contributed by atoms with Gasteiger partial charge in [-0.2, -0.15) is 0 Å². The van der Waals surface area contributed by atoms with E-state index in [4.69, 9.17) is 0 Å². The fraction of sp³-hybridized carbons (Fsp3) is 0.333. The van der Waals surface area contributed by atoms with E-state index in [2.05, 4.69) is 44.7 Å². The zero-order chi connectivity index (χ0) is 8.97. The van der Waals surface area contributed by atoms with Gasteiger partial charge in [0.2, 0.25) is 0 Å². The van der Waals surface area contributed by atoms with Crippen LogP contribution in [0.5, 0.6) is 0 Å². The van der Waals surface area contributed by atoms with Gasteiger partial charge in [-0.1, -0.05) is 44.2 Å². The SMILES string of the molecule is C=CCc1ccc(C(C)C)cc1. The molecule has 0 aromatic heterocycles. The van der Waals surface area contributed by atoms with Gasteiger partial charge in [-0.3, -0.25) is 0 Å². The average Bonchev–Trinajstić information content (AvgIpc) is 2.06.